The Morgan fingerprint density at radius 3 is 2.19 bits per heavy atom. The van der Waals surface area contributed by atoms with Crippen LogP contribution in [0.5, 0.6) is 11.5 Å². The number of rotatable bonds is 4. The van der Waals surface area contributed by atoms with Crippen LogP contribution in [0.15, 0.2) is 36.7 Å². The molecule has 0 N–H and O–H groups in total. The summed E-state index contributed by atoms with van der Waals surface area (Å²) in [6.45, 7) is 5.57. The first-order chi connectivity index (χ1) is 13.2. The van der Waals surface area contributed by atoms with Gasteiger partial charge in [-0.1, -0.05) is 0 Å². The minimum absolute atomic E-state index is 0.670. The predicted molar refractivity (Wildman–Crippen MR) is 106 cm³/mol. The van der Waals surface area contributed by atoms with Gasteiger partial charge in [0.25, 0.3) is 0 Å². The number of hydrogen-bond donors (Lipinski definition) is 0. The fourth-order valence-corrected chi connectivity index (χ4v) is 3.37. The first kappa shape index (κ1) is 17.3. The van der Waals surface area contributed by atoms with Crippen LogP contribution in [0.4, 0.5) is 11.8 Å². The second kappa shape index (κ2) is 7.26. The molecule has 3 heterocycles. The second-order valence-electron chi connectivity index (χ2n) is 6.58. The molecule has 140 valence electrons. The monoisotopic (exact) mass is 365 g/mol. The van der Waals surface area contributed by atoms with Crippen LogP contribution in [0.25, 0.3) is 10.9 Å². The Morgan fingerprint density at radius 2 is 1.52 bits per heavy atom. The van der Waals surface area contributed by atoms with E-state index in [4.69, 9.17) is 14.5 Å². The van der Waals surface area contributed by atoms with Crippen LogP contribution in [0.1, 0.15) is 5.56 Å². The number of piperazine rings is 1. The molecule has 27 heavy (non-hydrogen) atoms. The van der Waals surface area contributed by atoms with E-state index in [1.165, 1.54) is 5.56 Å². The zero-order valence-electron chi connectivity index (χ0n) is 15.8. The summed E-state index contributed by atoms with van der Waals surface area (Å²) in [5.74, 6) is 3.24. The van der Waals surface area contributed by atoms with E-state index < -0.39 is 0 Å². The molecule has 0 bridgehead atoms. The van der Waals surface area contributed by atoms with Gasteiger partial charge in [-0.2, -0.15) is 0 Å². The molecule has 0 saturated carbocycles. The smallest absolute Gasteiger partial charge is 0.225 e. The lowest BCUT2D eigenvalue weighted by atomic mass is 10.1. The van der Waals surface area contributed by atoms with Gasteiger partial charge < -0.3 is 19.3 Å². The zero-order valence-corrected chi connectivity index (χ0v) is 15.8. The minimum atomic E-state index is 0.670. The number of methoxy groups -OCH3 is 2. The van der Waals surface area contributed by atoms with Crippen molar-refractivity contribution in [2.24, 2.45) is 0 Å². The third-order valence-corrected chi connectivity index (χ3v) is 4.95. The van der Waals surface area contributed by atoms with Gasteiger partial charge in [0.15, 0.2) is 5.75 Å². The number of pyridine rings is 1. The summed E-state index contributed by atoms with van der Waals surface area (Å²) in [7, 11) is 3.30. The normalized spacial score (nSPS) is 14.5. The maximum absolute atomic E-state index is 5.34. The Morgan fingerprint density at radius 1 is 0.852 bits per heavy atom. The van der Waals surface area contributed by atoms with Crippen molar-refractivity contribution >= 4 is 22.7 Å². The van der Waals surface area contributed by atoms with Crippen molar-refractivity contribution in [3.8, 4) is 11.5 Å². The number of aryl methyl sites for hydroxylation is 1. The van der Waals surface area contributed by atoms with Crippen LogP contribution in [-0.2, 0) is 0 Å². The van der Waals surface area contributed by atoms with E-state index in [0.717, 1.165) is 54.6 Å². The highest BCUT2D eigenvalue weighted by atomic mass is 16.5. The molecule has 7 heteroatoms. The van der Waals surface area contributed by atoms with Crippen LogP contribution in [0.3, 0.4) is 0 Å². The van der Waals surface area contributed by atoms with Crippen LogP contribution in [0.2, 0.25) is 0 Å². The number of anilines is 2. The maximum atomic E-state index is 5.34. The molecular weight excluding hydrogens is 342 g/mol. The Hall–Kier alpha value is -3.09. The molecule has 0 spiro atoms. The SMILES string of the molecule is COc1cnc(N2CCN(c3cc(C)c4ccc(OC)cc4n3)CC2)nc1. The predicted octanol–water partition coefficient (Wildman–Crippen LogP) is 2.68. The number of benzene rings is 1. The molecule has 3 aromatic rings. The number of fused-ring (bicyclic) bond motifs is 1. The van der Waals surface area contributed by atoms with Crippen molar-refractivity contribution in [2.45, 2.75) is 6.92 Å². The van der Waals surface area contributed by atoms with Crippen molar-refractivity contribution in [3.05, 3.63) is 42.2 Å². The molecule has 1 aliphatic heterocycles. The van der Waals surface area contributed by atoms with Crippen molar-refractivity contribution in [1.82, 2.24) is 15.0 Å². The first-order valence-electron chi connectivity index (χ1n) is 8.99. The topological polar surface area (TPSA) is 63.6 Å². The molecule has 1 aromatic carbocycles. The molecule has 0 amide bonds. The number of ether oxygens (including phenoxy) is 2. The highest BCUT2D eigenvalue weighted by molar-refractivity contribution is 5.85. The molecule has 0 radical (unpaired) electrons. The maximum Gasteiger partial charge on any atom is 0.225 e. The average molecular weight is 365 g/mol. The first-order valence-corrected chi connectivity index (χ1v) is 8.99. The van der Waals surface area contributed by atoms with Crippen LogP contribution < -0.4 is 19.3 Å². The Kier molecular flexibility index (Phi) is 4.66. The number of hydrogen-bond acceptors (Lipinski definition) is 7. The highest BCUT2D eigenvalue weighted by Crippen LogP contribution is 2.26. The largest absolute Gasteiger partial charge is 0.497 e. The molecule has 1 fully saturated rings. The zero-order chi connectivity index (χ0) is 18.8. The molecule has 1 saturated heterocycles. The number of nitrogens with zero attached hydrogens (tertiary/aromatic N) is 5. The molecule has 7 nitrogen and oxygen atoms in total. The lowest BCUT2D eigenvalue weighted by Gasteiger charge is -2.35. The number of aromatic nitrogens is 3. The Balaban J connectivity index is 1.51. The van der Waals surface area contributed by atoms with Gasteiger partial charge in [0.1, 0.15) is 11.6 Å². The standard InChI is InChI=1S/C20H23N5O2/c1-14-10-19(23-18-11-15(26-2)4-5-17(14)18)24-6-8-25(9-7-24)20-21-12-16(27-3)13-22-20/h4-5,10-13H,6-9H2,1-3H3. The van der Waals surface area contributed by atoms with E-state index in [1.807, 2.05) is 12.1 Å². The van der Waals surface area contributed by atoms with Crippen molar-refractivity contribution in [1.29, 1.82) is 0 Å². The minimum Gasteiger partial charge on any atom is -0.497 e. The third-order valence-electron chi connectivity index (χ3n) is 4.95. The van der Waals surface area contributed by atoms with Crippen LogP contribution in [-0.4, -0.2) is 55.4 Å². The van der Waals surface area contributed by atoms with Gasteiger partial charge in [-0.25, -0.2) is 15.0 Å². The van der Waals surface area contributed by atoms with E-state index in [0.29, 0.717) is 5.75 Å². The van der Waals surface area contributed by atoms with E-state index in [9.17, 15) is 0 Å². The summed E-state index contributed by atoms with van der Waals surface area (Å²) >= 11 is 0. The molecule has 0 atom stereocenters. The average Bonchev–Trinajstić information content (AvgIpc) is 2.73. The molecule has 1 aliphatic rings. The summed E-state index contributed by atoms with van der Waals surface area (Å²) in [5.41, 5.74) is 2.18. The summed E-state index contributed by atoms with van der Waals surface area (Å²) < 4.78 is 10.5. The highest BCUT2D eigenvalue weighted by Gasteiger charge is 2.20. The Labute approximate surface area is 158 Å². The van der Waals surface area contributed by atoms with Gasteiger partial charge in [0.2, 0.25) is 5.95 Å². The lowest BCUT2D eigenvalue weighted by molar-refractivity contribution is 0.410. The molecule has 2 aromatic heterocycles. The van der Waals surface area contributed by atoms with Gasteiger partial charge in [-0.15, -0.1) is 0 Å². The van der Waals surface area contributed by atoms with Crippen molar-refractivity contribution in [2.75, 3.05) is 50.2 Å². The molecular formula is C20H23N5O2. The van der Waals surface area contributed by atoms with E-state index in [1.54, 1.807) is 26.6 Å². The summed E-state index contributed by atoms with van der Waals surface area (Å²) in [5, 5.41) is 1.16. The van der Waals surface area contributed by atoms with Gasteiger partial charge in [-0.05, 0) is 30.7 Å². The van der Waals surface area contributed by atoms with Crippen molar-refractivity contribution < 1.29 is 9.47 Å². The van der Waals surface area contributed by atoms with Gasteiger partial charge in [-0.3, -0.25) is 0 Å². The summed E-state index contributed by atoms with van der Waals surface area (Å²) in [4.78, 5) is 18.1. The summed E-state index contributed by atoms with van der Waals surface area (Å²) in [6, 6.07) is 8.20. The summed E-state index contributed by atoms with van der Waals surface area (Å²) in [6.07, 6.45) is 3.41. The van der Waals surface area contributed by atoms with Gasteiger partial charge >= 0.3 is 0 Å². The van der Waals surface area contributed by atoms with Crippen molar-refractivity contribution in [3.63, 3.8) is 0 Å². The van der Waals surface area contributed by atoms with Crippen LogP contribution >= 0.6 is 0 Å². The van der Waals surface area contributed by atoms with E-state index >= 15 is 0 Å². The lowest BCUT2D eigenvalue weighted by Crippen LogP contribution is -2.47. The quantitative estimate of drug-likeness (QED) is 0.704. The fraction of sp³-hybridized carbons (Fsp3) is 0.350. The molecule has 0 unspecified atom stereocenters. The Bertz CT molecular complexity index is 937. The van der Waals surface area contributed by atoms with Gasteiger partial charge in [0, 0.05) is 37.6 Å². The van der Waals surface area contributed by atoms with Gasteiger partial charge in [0.05, 0.1) is 32.1 Å². The fourth-order valence-electron chi connectivity index (χ4n) is 3.37. The van der Waals surface area contributed by atoms with E-state index in [-0.39, 0.29) is 0 Å². The molecule has 0 aliphatic carbocycles. The van der Waals surface area contributed by atoms with Crippen LogP contribution in [0, 0.1) is 6.92 Å². The second-order valence-corrected chi connectivity index (χ2v) is 6.58. The van der Waals surface area contributed by atoms with E-state index in [2.05, 4.69) is 38.8 Å². The third kappa shape index (κ3) is 3.45. The molecule has 4 rings (SSSR count).